The Morgan fingerprint density at radius 1 is 1.27 bits per heavy atom. The predicted octanol–water partition coefficient (Wildman–Crippen LogP) is 4.20. The van der Waals surface area contributed by atoms with Crippen molar-refractivity contribution in [2.75, 3.05) is 50.2 Å². The van der Waals surface area contributed by atoms with E-state index in [-0.39, 0.29) is 29.2 Å². The summed E-state index contributed by atoms with van der Waals surface area (Å²) in [6.07, 6.45) is 0.328. The zero-order valence-electron chi connectivity index (χ0n) is 20.3. The minimum Gasteiger partial charge on any atom is -0.486 e. The molecule has 1 atom stereocenters. The minimum atomic E-state index is -4.61. The number of likely N-dealkylation sites (N-methyl/N-ethyl adjacent to an activating group) is 1. The average Bonchev–Trinajstić information content (AvgIpc) is 3.33. The van der Waals surface area contributed by atoms with E-state index < -0.39 is 11.7 Å². The van der Waals surface area contributed by atoms with Crippen molar-refractivity contribution in [1.29, 1.82) is 0 Å². The summed E-state index contributed by atoms with van der Waals surface area (Å²) in [5, 5.41) is 6.19. The van der Waals surface area contributed by atoms with Crippen molar-refractivity contribution in [3.63, 3.8) is 0 Å². The van der Waals surface area contributed by atoms with E-state index in [0.717, 1.165) is 6.07 Å². The quantitative estimate of drug-likeness (QED) is 0.302. The number of carbonyl (C=O) groups is 1. The monoisotopic (exact) mass is 516 g/mol. The van der Waals surface area contributed by atoms with Crippen LogP contribution in [0.15, 0.2) is 48.8 Å². The van der Waals surface area contributed by atoms with Crippen LogP contribution in [-0.4, -0.2) is 60.7 Å². The number of alkyl halides is 3. The number of rotatable bonds is 8. The van der Waals surface area contributed by atoms with Gasteiger partial charge < -0.3 is 30.7 Å². The number of aromatic nitrogens is 2. The molecule has 4 rings (SSSR count). The minimum absolute atomic E-state index is 0.141. The van der Waals surface area contributed by atoms with E-state index in [2.05, 4.69) is 20.6 Å². The highest BCUT2D eigenvalue weighted by Crippen LogP contribution is 2.37. The lowest BCUT2D eigenvalue weighted by Crippen LogP contribution is -2.18. The number of nitrogens with one attached hydrogen (secondary N) is 2. The largest absolute Gasteiger partial charge is 0.486 e. The van der Waals surface area contributed by atoms with E-state index >= 15 is 0 Å². The smallest absolute Gasteiger partial charge is 0.418 e. The number of amides is 1. The van der Waals surface area contributed by atoms with Gasteiger partial charge in [-0.3, -0.25) is 4.79 Å². The molecule has 3 aromatic rings. The van der Waals surface area contributed by atoms with Crippen molar-refractivity contribution < 1.29 is 27.4 Å². The van der Waals surface area contributed by atoms with Gasteiger partial charge in [0.25, 0.3) is 0 Å². The van der Waals surface area contributed by atoms with Crippen molar-refractivity contribution in [3.05, 3.63) is 54.4 Å². The van der Waals surface area contributed by atoms with Gasteiger partial charge in [-0.05, 0) is 38.4 Å². The Balaban J connectivity index is 1.70. The van der Waals surface area contributed by atoms with E-state index in [4.69, 9.17) is 15.2 Å². The van der Waals surface area contributed by atoms with Crippen LogP contribution in [0.2, 0.25) is 0 Å². The molecule has 2 aromatic carbocycles. The number of nitrogens with zero attached hydrogens (tertiary/aromatic N) is 3. The summed E-state index contributed by atoms with van der Waals surface area (Å²) >= 11 is 0. The molecule has 0 bridgehead atoms. The highest BCUT2D eigenvalue weighted by molar-refractivity contribution is 6.03. The summed E-state index contributed by atoms with van der Waals surface area (Å²) in [6, 6.07) is 6.80. The molecule has 0 radical (unpaired) electrons. The summed E-state index contributed by atoms with van der Waals surface area (Å²) in [5.74, 6) is 0.277. The molecule has 1 saturated heterocycles. The highest BCUT2D eigenvalue weighted by atomic mass is 19.4. The molecule has 2 heterocycles. The van der Waals surface area contributed by atoms with Crippen LogP contribution in [-0.2, 0) is 15.7 Å². The third-order valence-electron chi connectivity index (χ3n) is 5.54. The Hall–Kier alpha value is -3.90. The zero-order chi connectivity index (χ0) is 26.6. The van der Waals surface area contributed by atoms with Gasteiger partial charge in [0.05, 0.1) is 30.0 Å². The van der Waals surface area contributed by atoms with E-state index in [1.807, 2.05) is 19.0 Å². The molecule has 0 spiro atoms. The fourth-order valence-corrected chi connectivity index (χ4v) is 3.73. The van der Waals surface area contributed by atoms with E-state index in [9.17, 15) is 18.0 Å². The first-order valence-electron chi connectivity index (χ1n) is 11.5. The Morgan fingerprint density at radius 2 is 2.08 bits per heavy atom. The van der Waals surface area contributed by atoms with Crippen molar-refractivity contribution in [2.24, 2.45) is 0 Å². The molecule has 0 aliphatic carbocycles. The Morgan fingerprint density at radius 3 is 2.78 bits per heavy atom. The maximum atomic E-state index is 13.3. The van der Waals surface area contributed by atoms with Crippen molar-refractivity contribution in [1.82, 2.24) is 14.9 Å². The first-order chi connectivity index (χ1) is 17.6. The van der Waals surface area contributed by atoms with E-state index in [0.29, 0.717) is 48.5 Å². The van der Waals surface area contributed by atoms with Crippen molar-refractivity contribution >= 4 is 39.7 Å². The fraction of sp³-hybridized carbons (Fsp3) is 0.320. The summed E-state index contributed by atoms with van der Waals surface area (Å²) in [7, 11) is 3.77. The SMILES string of the molecule is CN(C)C/C=C/C(=O)Nc1cc2c(Nc3ccc(N)c(C(F)(F)F)c3)ncnc2cc1OC1CCOC1. The van der Waals surface area contributed by atoms with E-state index in [1.165, 1.54) is 24.5 Å². The number of benzene rings is 2. The summed E-state index contributed by atoms with van der Waals surface area (Å²) in [6.45, 7) is 1.58. The maximum absolute atomic E-state index is 13.3. The molecule has 1 unspecified atom stereocenters. The summed E-state index contributed by atoms with van der Waals surface area (Å²) in [4.78, 5) is 23.0. The number of fused-ring (bicyclic) bond motifs is 1. The molecular formula is C25H27F3N6O3. The molecule has 1 aromatic heterocycles. The number of anilines is 4. The second-order valence-electron chi connectivity index (χ2n) is 8.77. The molecule has 1 aliphatic rings. The predicted molar refractivity (Wildman–Crippen MR) is 135 cm³/mol. The number of hydrogen-bond donors (Lipinski definition) is 3. The molecule has 37 heavy (non-hydrogen) atoms. The number of hydrogen-bond acceptors (Lipinski definition) is 8. The normalized spacial score (nSPS) is 16.0. The van der Waals surface area contributed by atoms with Crippen LogP contribution in [0.1, 0.15) is 12.0 Å². The summed E-state index contributed by atoms with van der Waals surface area (Å²) in [5.41, 5.74) is 5.16. The molecule has 196 valence electrons. The molecule has 1 amide bonds. The van der Waals surface area contributed by atoms with Gasteiger partial charge >= 0.3 is 6.18 Å². The summed E-state index contributed by atoms with van der Waals surface area (Å²) < 4.78 is 51.5. The standard InChI is InChI=1S/C25H27F3N6O3/c1-34(2)8-3-4-23(35)33-21-11-17-20(12-22(21)37-16-7-9-36-13-16)30-14-31-24(17)32-15-5-6-19(29)18(10-15)25(26,27)28/h3-6,10-12,14,16H,7-9,13,29H2,1-2H3,(H,33,35)(H,30,31,32)/b4-3+. The van der Waals surface area contributed by atoms with Gasteiger partial charge in [0, 0.05) is 41.9 Å². The lowest BCUT2D eigenvalue weighted by Gasteiger charge is -2.18. The van der Waals surface area contributed by atoms with Crippen LogP contribution in [0.3, 0.4) is 0 Å². The lowest BCUT2D eigenvalue weighted by molar-refractivity contribution is -0.136. The van der Waals surface area contributed by atoms with Gasteiger partial charge in [-0.1, -0.05) is 6.08 Å². The first kappa shape index (κ1) is 26.2. The number of ether oxygens (including phenoxy) is 2. The van der Waals surface area contributed by atoms with Gasteiger partial charge in [-0.25, -0.2) is 9.97 Å². The van der Waals surface area contributed by atoms with Crippen LogP contribution in [0.5, 0.6) is 5.75 Å². The maximum Gasteiger partial charge on any atom is 0.418 e. The Bertz CT molecular complexity index is 1310. The second kappa shape index (κ2) is 11.0. The fourth-order valence-electron chi connectivity index (χ4n) is 3.73. The van der Waals surface area contributed by atoms with Gasteiger partial charge in [0.2, 0.25) is 5.91 Å². The van der Waals surface area contributed by atoms with Crippen LogP contribution >= 0.6 is 0 Å². The zero-order valence-corrected chi connectivity index (χ0v) is 20.3. The first-order valence-corrected chi connectivity index (χ1v) is 11.5. The molecule has 9 nitrogen and oxygen atoms in total. The Kier molecular flexibility index (Phi) is 7.79. The second-order valence-corrected chi connectivity index (χ2v) is 8.77. The number of halogens is 3. The molecule has 1 fully saturated rings. The van der Waals surface area contributed by atoms with Gasteiger partial charge in [0.15, 0.2) is 0 Å². The molecular weight excluding hydrogens is 489 g/mol. The highest BCUT2D eigenvalue weighted by Gasteiger charge is 2.33. The van der Waals surface area contributed by atoms with Crippen LogP contribution in [0, 0.1) is 0 Å². The molecule has 4 N–H and O–H groups in total. The van der Waals surface area contributed by atoms with Crippen LogP contribution in [0.4, 0.5) is 36.1 Å². The van der Waals surface area contributed by atoms with Gasteiger partial charge in [-0.2, -0.15) is 13.2 Å². The van der Waals surface area contributed by atoms with Crippen molar-refractivity contribution in [2.45, 2.75) is 18.7 Å². The number of nitrogen functional groups attached to an aromatic ring is 1. The van der Waals surface area contributed by atoms with Gasteiger partial charge in [0.1, 0.15) is 24.0 Å². The van der Waals surface area contributed by atoms with Gasteiger partial charge in [-0.15, -0.1) is 0 Å². The van der Waals surface area contributed by atoms with Crippen molar-refractivity contribution in [3.8, 4) is 5.75 Å². The van der Waals surface area contributed by atoms with Crippen LogP contribution in [0.25, 0.3) is 10.9 Å². The molecule has 0 saturated carbocycles. The lowest BCUT2D eigenvalue weighted by atomic mass is 10.1. The van der Waals surface area contributed by atoms with Crippen LogP contribution < -0.4 is 21.1 Å². The van der Waals surface area contributed by atoms with E-state index in [1.54, 1.807) is 18.2 Å². The molecule has 1 aliphatic heterocycles. The Labute approximate surface area is 211 Å². The number of carbonyl (C=O) groups excluding carboxylic acids is 1. The third kappa shape index (κ3) is 6.66. The average molecular weight is 517 g/mol. The number of nitrogens with two attached hydrogens (primary N) is 1. The topological polar surface area (TPSA) is 115 Å². The third-order valence-corrected chi connectivity index (χ3v) is 5.54. The molecule has 12 heteroatoms.